The highest BCUT2D eigenvalue weighted by Crippen LogP contribution is 2.25. The second-order valence-electron chi connectivity index (χ2n) is 7.28. The number of benzene rings is 3. The first-order valence-electron chi connectivity index (χ1n) is 10.3. The highest BCUT2D eigenvalue weighted by atomic mass is 16.5. The molecule has 1 N–H and O–H groups in total. The molecule has 0 aromatic heterocycles. The molecule has 0 radical (unpaired) electrons. The second-order valence-corrected chi connectivity index (χ2v) is 7.28. The Labute approximate surface area is 195 Å². The first-order chi connectivity index (χ1) is 16.5. The van der Waals surface area contributed by atoms with Gasteiger partial charge in [-0.1, -0.05) is 30.3 Å². The number of imide groups is 2. The molecular weight excluding hydrogens is 434 g/mol. The van der Waals surface area contributed by atoms with Crippen LogP contribution in [0.4, 0.5) is 10.5 Å². The molecule has 1 aliphatic rings. The van der Waals surface area contributed by atoms with Crippen LogP contribution >= 0.6 is 0 Å². The van der Waals surface area contributed by atoms with Crippen molar-refractivity contribution in [3.63, 3.8) is 0 Å². The van der Waals surface area contributed by atoms with E-state index >= 15 is 0 Å². The lowest BCUT2D eigenvalue weighted by Gasteiger charge is -2.26. The first-order valence-corrected chi connectivity index (χ1v) is 10.3. The van der Waals surface area contributed by atoms with Gasteiger partial charge in [0, 0.05) is 5.56 Å². The predicted molar refractivity (Wildman–Crippen MR) is 124 cm³/mol. The van der Waals surface area contributed by atoms with Gasteiger partial charge in [-0.15, -0.1) is 0 Å². The molecule has 0 bridgehead atoms. The van der Waals surface area contributed by atoms with Crippen LogP contribution in [0.3, 0.4) is 0 Å². The maximum atomic E-state index is 13.0. The maximum absolute atomic E-state index is 13.0. The first kappa shape index (κ1) is 22.3. The number of carbonyl (C=O) groups is 3. The largest absolute Gasteiger partial charge is 0.497 e. The quantitative estimate of drug-likeness (QED) is 0.449. The van der Waals surface area contributed by atoms with Crippen LogP contribution < -0.4 is 19.7 Å². The summed E-state index contributed by atoms with van der Waals surface area (Å²) in [6.07, 6.45) is 1.41. The Morgan fingerprint density at radius 2 is 1.62 bits per heavy atom. The zero-order valence-corrected chi connectivity index (χ0v) is 18.1. The summed E-state index contributed by atoms with van der Waals surface area (Å²) in [5.41, 5.74) is 2.02. The van der Waals surface area contributed by atoms with E-state index in [1.54, 1.807) is 60.7 Å². The molecule has 0 unspecified atom stereocenters. The fourth-order valence-electron chi connectivity index (χ4n) is 3.37. The Kier molecular flexibility index (Phi) is 6.37. The van der Waals surface area contributed by atoms with Crippen molar-refractivity contribution in [2.45, 2.75) is 6.61 Å². The van der Waals surface area contributed by atoms with Gasteiger partial charge in [0.25, 0.3) is 11.8 Å². The number of carbonyl (C=O) groups excluding carboxylic acids is 3. The van der Waals surface area contributed by atoms with Gasteiger partial charge >= 0.3 is 6.03 Å². The third-order valence-electron chi connectivity index (χ3n) is 5.16. The fraction of sp³-hybridized carbons (Fsp3) is 0.0769. The highest BCUT2D eigenvalue weighted by molar-refractivity contribution is 6.39. The summed E-state index contributed by atoms with van der Waals surface area (Å²) in [5, 5.41) is 11.4. The molecule has 3 aromatic rings. The molecule has 0 atom stereocenters. The summed E-state index contributed by atoms with van der Waals surface area (Å²) in [5.74, 6) is -0.371. The molecule has 4 rings (SSSR count). The number of hydrogen-bond acceptors (Lipinski definition) is 6. The SMILES string of the molecule is COc1ccc(N2C(=O)NC(=O)/C(=C\c3ccc(OCc4ccccc4C#N)cc3)C2=O)cc1. The van der Waals surface area contributed by atoms with Gasteiger partial charge in [-0.2, -0.15) is 5.26 Å². The number of rotatable bonds is 6. The molecule has 168 valence electrons. The summed E-state index contributed by atoms with van der Waals surface area (Å²) in [6, 6.07) is 21.6. The molecule has 8 nitrogen and oxygen atoms in total. The van der Waals surface area contributed by atoms with Crippen molar-refractivity contribution in [2.24, 2.45) is 0 Å². The van der Waals surface area contributed by atoms with Crippen LogP contribution in [-0.4, -0.2) is 25.0 Å². The molecule has 1 aliphatic heterocycles. The third-order valence-corrected chi connectivity index (χ3v) is 5.16. The monoisotopic (exact) mass is 453 g/mol. The summed E-state index contributed by atoms with van der Waals surface area (Å²) in [4.78, 5) is 38.6. The van der Waals surface area contributed by atoms with E-state index in [2.05, 4.69) is 11.4 Å². The predicted octanol–water partition coefficient (Wildman–Crippen LogP) is 3.81. The van der Waals surface area contributed by atoms with Gasteiger partial charge in [0.1, 0.15) is 23.7 Å². The molecule has 0 aliphatic carbocycles. The smallest absolute Gasteiger partial charge is 0.335 e. The van der Waals surface area contributed by atoms with E-state index in [0.717, 1.165) is 10.5 Å². The molecule has 1 saturated heterocycles. The molecule has 1 fully saturated rings. The van der Waals surface area contributed by atoms with E-state index in [9.17, 15) is 19.6 Å². The zero-order chi connectivity index (χ0) is 24.1. The van der Waals surface area contributed by atoms with Gasteiger partial charge in [0.2, 0.25) is 0 Å². The topological polar surface area (TPSA) is 109 Å². The Morgan fingerprint density at radius 1 is 0.941 bits per heavy atom. The molecule has 34 heavy (non-hydrogen) atoms. The van der Waals surface area contributed by atoms with Crippen LogP contribution in [0.1, 0.15) is 16.7 Å². The van der Waals surface area contributed by atoms with Gasteiger partial charge in [-0.05, 0) is 54.1 Å². The molecule has 1 heterocycles. The summed E-state index contributed by atoms with van der Waals surface area (Å²) >= 11 is 0. The Morgan fingerprint density at radius 3 is 2.29 bits per heavy atom. The average Bonchev–Trinajstić information content (AvgIpc) is 2.86. The number of nitrogens with zero attached hydrogens (tertiary/aromatic N) is 2. The third kappa shape index (κ3) is 4.64. The van der Waals surface area contributed by atoms with Crippen LogP contribution in [0.15, 0.2) is 78.4 Å². The minimum atomic E-state index is -0.821. The van der Waals surface area contributed by atoms with E-state index in [-0.39, 0.29) is 12.2 Å². The fourth-order valence-corrected chi connectivity index (χ4v) is 3.37. The zero-order valence-electron chi connectivity index (χ0n) is 18.1. The standard InChI is InChI=1S/C26H19N3O5/c1-33-21-12-8-20(9-13-21)29-25(31)23(24(30)28-26(29)32)14-17-6-10-22(11-7-17)34-16-19-5-3-2-4-18(19)15-27/h2-14H,16H2,1H3,(H,28,30,32)/b23-14+. The van der Waals surface area contributed by atoms with Crippen LogP contribution in [0.25, 0.3) is 6.08 Å². The van der Waals surface area contributed by atoms with E-state index in [4.69, 9.17) is 9.47 Å². The minimum absolute atomic E-state index is 0.174. The van der Waals surface area contributed by atoms with Crippen molar-refractivity contribution in [3.05, 3.63) is 95.1 Å². The molecule has 4 amide bonds. The van der Waals surface area contributed by atoms with Crippen molar-refractivity contribution in [1.82, 2.24) is 5.32 Å². The van der Waals surface area contributed by atoms with Crippen LogP contribution in [0, 0.1) is 11.3 Å². The molecular formula is C26H19N3O5. The number of hydrogen-bond donors (Lipinski definition) is 1. The number of nitriles is 1. The lowest BCUT2D eigenvalue weighted by molar-refractivity contribution is -0.122. The van der Waals surface area contributed by atoms with Crippen molar-refractivity contribution < 1.29 is 23.9 Å². The molecule has 0 spiro atoms. The number of barbiturate groups is 1. The number of anilines is 1. The number of ether oxygens (including phenoxy) is 2. The van der Waals surface area contributed by atoms with Crippen LogP contribution in [-0.2, 0) is 16.2 Å². The van der Waals surface area contributed by atoms with E-state index in [1.165, 1.54) is 13.2 Å². The van der Waals surface area contributed by atoms with Crippen LogP contribution in [0.2, 0.25) is 0 Å². The highest BCUT2D eigenvalue weighted by Gasteiger charge is 2.36. The van der Waals surface area contributed by atoms with E-state index in [0.29, 0.717) is 28.3 Å². The van der Waals surface area contributed by atoms with E-state index in [1.807, 2.05) is 12.1 Å². The second kappa shape index (κ2) is 9.71. The van der Waals surface area contributed by atoms with Gasteiger partial charge in [-0.25, -0.2) is 9.69 Å². The van der Waals surface area contributed by atoms with Crippen LogP contribution in [0.5, 0.6) is 11.5 Å². The summed E-state index contributed by atoms with van der Waals surface area (Å²) in [6.45, 7) is 0.226. The number of amides is 4. The molecule has 8 heteroatoms. The van der Waals surface area contributed by atoms with Crippen molar-refractivity contribution >= 4 is 29.6 Å². The lowest BCUT2D eigenvalue weighted by atomic mass is 10.1. The Bertz CT molecular complexity index is 1320. The van der Waals surface area contributed by atoms with Crippen molar-refractivity contribution in [1.29, 1.82) is 5.26 Å². The van der Waals surface area contributed by atoms with Gasteiger partial charge in [0.15, 0.2) is 0 Å². The minimum Gasteiger partial charge on any atom is -0.497 e. The van der Waals surface area contributed by atoms with Crippen molar-refractivity contribution in [3.8, 4) is 17.6 Å². The van der Waals surface area contributed by atoms with E-state index < -0.39 is 17.8 Å². The average molecular weight is 453 g/mol. The van der Waals surface area contributed by atoms with Gasteiger partial charge < -0.3 is 9.47 Å². The number of urea groups is 1. The molecule has 3 aromatic carbocycles. The lowest BCUT2D eigenvalue weighted by Crippen LogP contribution is -2.54. The number of nitrogens with one attached hydrogen (secondary N) is 1. The van der Waals surface area contributed by atoms with Gasteiger partial charge in [0.05, 0.1) is 24.4 Å². The summed E-state index contributed by atoms with van der Waals surface area (Å²) < 4.78 is 10.8. The van der Waals surface area contributed by atoms with Crippen molar-refractivity contribution in [2.75, 3.05) is 12.0 Å². The van der Waals surface area contributed by atoms with Gasteiger partial charge in [-0.3, -0.25) is 14.9 Å². The Hall–Kier alpha value is -4.90. The summed E-state index contributed by atoms with van der Waals surface area (Å²) in [7, 11) is 1.51. The maximum Gasteiger partial charge on any atom is 0.335 e. The number of methoxy groups -OCH3 is 1. The Balaban J connectivity index is 1.51. The normalized spacial score (nSPS) is 14.5. The molecule has 0 saturated carbocycles.